The largest absolute Gasteiger partial charge is 0.495 e. The van der Waals surface area contributed by atoms with Crippen LogP contribution in [0.2, 0.25) is 5.02 Å². The fraction of sp³-hybridized carbons (Fsp3) is 0.412. The molecule has 0 unspecified atom stereocenters. The molecule has 8 nitrogen and oxygen atoms in total. The van der Waals surface area contributed by atoms with E-state index in [1.165, 1.54) is 13.2 Å². The monoisotopic (exact) mass is 415 g/mol. The average Bonchev–Trinajstić information content (AvgIpc) is 2.83. The molecule has 1 fully saturated rings. The van der Waals surface area contributed by atoms with Gasteiger partial charge in [0.05, 0.1) is 47.8 Å². The number of carbonyl (C=O) groups excluding carboxylic acids is 1. The summed E-state index contributed by atoms with van der Waals surface area (Å²) in [6.45, 7) is 1.67. The van der Waals surface area contributed by atoms with Gasteiger partial charge in [0.25, 0.3) is 0 Å². The number of methoxy groups -OCH3 is 1. The van der Waals surface area contributed by atoms with Gasteiger partial charge in [-0.15, -0.1) is 0 Å². The van der Waals surface area contributed by atoms with Crippen LogP contribution < -0.4 is 15.7 Å². The van der Waals surface area contributed by atoms with E-state index in [0.29, 0.717) is 21.7 Å². The van der Waals surface area contributed by atoms with Crippen molar-refractivity contribution in [1.82, 2.24) is 5.32 Å². The molecule has 1 saturated heterocycles. The number of amides is 1. The topological polar surface area (TPSA) is 123 Å². The van der Waals surface area contributed by atoms with Crippen LogP contribution in [0.25, 0.3) is 11.0 Å². The van der Waals surface area contributed by atoms with E-state index in [1.807, 2.05) is 0 Å². The molecule has 2 heterocycles. The quantitative estimate of drug-likeness (QED) is 0.700. The number of aliphatic hydroxyl groups excluding tert-OH is 1. The number of ether oxygens (including phenoxy) is 1. The molecule has 1 aromatic carbocycles. The number of aryl methyl sites for hydroxylation is 1. The van der Waals surface area contributed by atoms with Gasteiger partial charge in [-0.2, -0.15) is 0 Å². The third-order valence-corrected chi connectivity index (χ3v) is 6.58. The second-order valence-electron chi connectivity index (χ2n) is 6.47. The SMILES string of the molecule is COc1cc2oc(=O)c(CC(=O)N[C@@H]3CS(=O)(=O)C[C@@H]3O)c(C)c2cc1Cl. The van der Waals surface area contributed by atoms with E-state index in [0.717, 1.165) is 0 Å². The lowest BCUT2D eigenvalue weighted by atomic mass is 10.0. The second kappa shape index (κ2) is 7.14. The molecule has 0 spiro atoms. The van der Waals surface area contributed by atoms with Gasteiger partial charge in [-0.1, -0.05) is 11.6 Å². The standard InChI is InChI=1S/C17H18ClNO7S/c1-8-9-3-11(18)15(25-2)5-14(9)26-17(22)10(8)4-16(21)19-12-6-27(23,24)7-13(12)20/h3,5,12-13,20H,4,6-7H2,1-2H3,(H,19,21)/t12-,13+/m1/s1. The molecule has 0 aliphatic carbocycles. The van der Waals surface area contributed by atoms with Crippen LogP contribution in [0.3, 0.4) is 0 Å². The Hall–Kier alpha value is -2.10. The lowest BCUT2D eigenvalue weighted by Crippen LogP contribution is -2.43. The first-order chi connectivity index (χ1) is 12.6. The highest BCUT2D eigenvalue weighted by Gasteiger charge is 2.37. The van der Waals surface area contributed by atoms with E-state index in [4.69, 9.17) is 20.8 Å². The molecule has 146 valence electrons. The Balaban J connectivity index is 1.88. The van der Waals surface area contributed by atoms with Crippen molar-refractivity contribution in [2.45, 2.75) is 25.5 Å². The molecular formula is C17H18ClNO7S. The lowest BCUT2D eigenvalue weighted by Gasteiger charge is -2.15. The second-order valence-corrected chi connectivity index (χ2v) is 9.03. The number of hydrogen-bond acceptors (Lipinski definition) is 7. The molecule has 2 atom stereocenters. The van der Waals surface area contributed by atoms with Crippen LogP contribution >= 0.6 is 11.6 Å². The average molecular weight is 416 g/mol. The third-order valence-electron chi connectivity index (χ3n) is 4.57. The zero-order valence-corrected chi connectivity index (χ0v) is 16.2. The molecule has 0 saturated carbocycles. The number of hydrogen-bond donors (Lipinski definition) is 2. The minimum atomic E-state index is -3.39. The van der Waals surface area contributed by atoms with E-state index < -0.39 is 39.3 Å². The van der Waals surface area contributed by atoms with E-state index in [-0.39, 0.29) is 23.3 Å². The summed E-state index contributed by atoms with van der Waals surface area (Å²) in [5, 5.41) is 13.1. The molecule has 1 aromatic heterocycles. The Morgan fingerprint density at radius 3 is 2.70 bits per heavy atom. The van der Waals surface area contributed by atoms with E-state index in [2.05, 4.69) is 5.32 Å². The molecule has 1 aliphatic heterocycles. The fourth-order valence-corrected chi connectivity index (χ4v) is 5.12. The van der Waals surface area contributed by atoms with E-state index >= 15 is 0 Å². The molecule has 10 heteroatoms. The number of fused-ring (bicyclic) bond motifs is 1. The summed E-state index contributed by atoms with van der Waals surface area (Å²) in [6.07, 6.45) is -1.48. The smallest absolute Gasteiger partial charge is 0.340 e. The van der Waals surface area contributed by atoms with Gasteiger partial charge in [-0.3, -0.25) is 4.79 Å². The number of benzene rings is 1. The molecule has 0 radical (unpaired) electrons. The summed E-state index contributed by atoms with van der Waals surface area (Å²) >= 11 is 6.12. The van der Waals surface area contributed by atoms with Crippen molar-refractivity contribution in [3.8, 4) is 5.75 Å². The van der Waals surface area contributed by atoms with Crippen LogP contribution in [-0.4, -0.2) is 50.2 Å². The zero-order chi connectivity index (χ0) is 19.9. The van der Waals surface area contributed by atoms with Gasteiger partial charge in [0.1, 0.15) is 11.3 Å². The minimum absolute atomic E-state index is 0.136. The fourth-order valence-electron chi connectivity index (χ4n) is 3.14. The van der Waals surface area contributed by atoms with Crippen LogP contribution in [0.5, 0.6) is 5.75 Å². The Labute approximate surface area is 160 Å². The summed E-state index contributed by atoms with van der Waals surface area (Å²) in [5.41, 5.74) is 0.261. The first-order valence-corrected chi connectivity index (χ1v) is 10.3. The number of nitrogens with one attached hydrogen (secondary N) is 1. The van der Waals surface area contributed by atoms with Gasteiger partial charge in [0.2, 0.25) is 5.91 Å². The van der Waals surface area contributed by atoms with Gasteiger partial charge in [-0.25, -0.2) is 13.2 Å². The van der Waals surface area contributed by atoms with Crippen LogP contribution in [-0.2, 0) is 21.1 Å². The first-order valence-electron chi connectivity index (χ1n) is 8.09. The molecular weight excluding hydrogens is 398 g/mol. The summed E-state index contributed by atoms with van der Waals surface area (Å²) in [4.78, 5) is 24.6. The van der Waals surface area contributed by atoms with Crippen molar-refractivity contribution in [1.29, 1.82) is 0 Å². The van der Waals surface area contributed by atoms with Gasteiger partial charge in [0, 0.05) is 11.5 Å². The van der Waals surface area contributed by atoms with E-state index in [1.54, 1.807) is 13.0 Å². The molecule has 0 bridgehead atoms. The van der Waals surface area contributed by atoms with Crippen molar-refractivity contribution in [2.24, 2.45) is 0 Å². The highest BCUT2D eigenvalue weighted by Crippen LogP contribution is 2.31. The number of carbonyl (C=O) groups is 1. The van der Waals surface area contributed by atoms with Crippen LogP contribution in [0.15, 0.2) is 21.3 Å². The van der Waals surface area contributed by atoms with Crippen molar-refractivity contribution in [2.75, 3.05) is 18.6 Å². The number of sulfone groups is 1. The predicted molar refractivity (Wildman–Crippen MR) is 99.1 cm³/mol. The van der Waals surface area contributed by atoms with Gasteiger partial charge < -0.3 is 19.6 Å². The van der Waals surface area contributed by atoms with Gasteiger partial charge in [0.15, 0.2) is 9.84 Å². The summed E-state index contributed by atoms with van der Waals surface area (Å²) in [6, 6.07) is 2.19. The van der Waals surface area contributed by atoms with Crippen LogP contribution in [0.4, 0.5) is 0 Å². The molecule has 3 rings (SSSR count). The van der Waals surface area contributed by atoms with Crippen molar-refractivity contribution in [3.05, 3.63) is 38.7 Å². The van der Waals surface area contributed by atoms with Gasteiger partial charge in [-0.05, 0) is 18.6 Å². The van der Waals surface area contributed by atoms with Crippen molar-refractivity contribution in [3.63, 3.8) is 0 Å². The molecule has 1 amide bonds. The van der Waals surface area contributed by atoms with Gasteiger partial charge >= 0.3 is 5.63 Å². The number of rotatable bonds is 4. The maximum absolute atomic E-state index is 12.3. The Bertz CT molecular complexity index is 1080. The minimum Gasteiger partial charge on any atom is -0.495 e. The zero-order valence-electron chi connectivity index (χ0n) is 14.6. The Morgan fingerprint density at radius 2 is 2.11 bits per heavy atom. The molecule has 2 aromatic rings. The van der Waals surface area contributed by atoms with Crippen molar-refractivity contribution < 1.29 is 27.5 Å². The number of halogens is 1. The highest BCUT2D eigenvalue weighted by atomic mass is 35.5. The maximum Gasteiger partial charge on any atom is 0.340 e. The van der Waals surface area contributed by atoms with Crippen LogP contribution in [0.1, 0.15) is 11.1 Å². The Kier molecular flexibility index (Phi) is 5.20. The third kappa shape index (κ3) is 3.95. The normalized spacial score (nSPS) is 21.3. The van der Waals surface area contributed by atoms with E-state index in [9.17, 15) is 23.1 Å². The number of aliphatic hydroxyl groups is 1. The maximum atomic E-state index is 12.3. The first kappa shape index (κ1) is 19.7. The molecule has 1 aliphatic rings. The molecule has 2 N–H and O–H groups in total. The van der Waals surface area contributed by atoms with Crippen LogP contribution in [0, 0.1) is 6.92 Å². The lowest BCUT2D eigenvalue weighted by molar-refractivity contribution is -0.121. The highest BCUT2D eigenvalue weighted by molar-refractivity contribution is 7.91. The summed E-state index contributed by atoms with van der Waals surface area (Å²) in [7, 11) is -1.95. The van der Waals surface area contributed by atoms with Crippen molar-refractivity contribution >= 4 is 38.3 Å². The molecule has 27 heavy (non-hydrogen) atoms. The predicted octanol–water partition coefficient (Wildman–Crippen LogP) is 0.580. The summed E-state index contributed by atoms with van der Waals surface area (Å²) < 4.78 is 33.4. The summed E-state index contributed by atoms with van der Waals surface area (Å²) in [5.74, 6) is -0.949. The Morgan fingerprint density at radius 1 is 1.41 bits per heavy atom.